The summed E-state index contributed by atoms with van der Waals surface area (Å²) in [4.78, 5) is 9.86. The average molecular weight is 197 g/mol. The van der Waals surface area contributed by atoms with Gasteiger partial charge in [-0.2, -0.15) is 4.68 Å². The zero-order valence-corrected chi connectivity index (χ0v) is 7.63. The van der Waals surface area contributed by atoms with Crippen LogP contribution in [0.5, 0.6) is 0 Å². The third kappa shape index (κ3) is 1.90. The quantitative estimate of drug-likeness (QED) is 0.534. The predicted octanol–water partition coefficient (Wildman–Crippen LogP) is 0.970. The number of ether oxygens (including phenoxy) is 1. The maximum absolute atomic E-state index is 10.3. The molecule has 6 heteroatoms. The lowest BCUT2D eigenvalue weighted by Gasteiger charge is -2.05. The summed E-state index contributed by atoms with van der Waals surface area (Å²) in [5.74, 6) is -0.108. The molecule has 1 fully saturated rings. The summed E-state index contributed by atoms with van der Waals surface area (Å²) >= 11 is 0. The highest BCUT2D eigenvalue weighted by Crippen LogP contribution is 2.14. The molecule has 1 aliphatic rings. The molecule has 0 aliphatic carbocycles. The van der Waals surface area contributed by atoms with E-state index >= 15 is 0 Å². The minimum absolute atomic E-state index is 0.108. The van der Waals surface area contributed by atoms with Crippen molar-refractivity contribution in [3.8, 4) is 0 Å². The summed E-state index contributed by atoms with van der Waals surface area (Å²) in [5.41, 5.74) is 0. The topological polar surface area (TPSA) is 70.2 Å². The normalized spacial score (nSPS) is 21.3. The highest BCUT2D eigenvalue weighted by Gasteiger charge is 2.19. The molecule has 1 atom stereocenters. The van der Waals surface area contributed by atoms with Gasteiger partial charge in [0.25, 0.3) is 0 Å². The van der Waals surface area contributed by atoms with Crippen molar-refractivity contribution in [2.75, 3.05) is 6.61 Å². The molecular weight excluding hydrogens is 186 g/mol. The molecule has 2 rings (SSSR count). The third-order valence-corrected chi connectivity index (χ3v) is 2.23. The third-order valence-electron chi connectivity index (χ3n) is 2.23. The summed E-state index contributed by atoms with van der Waals surface area (Å²) < 4.78 is 6.96. The van der Waals surface area contributed by atoms with Crippen molar-refractivity contribution in [1.82, 2.24) is 9.78 Å². The zero-order chi connectivity index (χ0) is 9.97. The minimum atomic E-state index is -0.494. The van der Waals surface area contributed by atoms with Crippen LogP contribution in [-0.2, 0) is 11.3 Å². The standard InChI is InChI=1S/C8H11N3O3/c12-11(13)8-3-4-10(9-8)6-7-2-1-5-14-7/h3-4,7H,1-2,5-6H2. The van der Waals surface area contributed by atoms with Gasteiger partial charge in [-0.05, 0) is 17.8 Å². The molecule has 0 spiro atoms. The summed E-state index contributed by atoms with van der Waals surface area (Å²) in [6.45, 7) is 1.39. The molecule has 0 N–H and O–H groups in total. The van der Waals surface area contributed by atoms with Crippen molar-refractivity contribution in [3.05, 3.63) is 22.4 Å². The van der Waals surface area contributed by atoms with Crippen molar-refractivity contribution in [2.24, 2.45) is 0 Å². The maximum Gasteiger partial charge on any atom is 0.389 e. The summed E-state index contributed by atoms with van der Waals surface area (Å²) in [7, 11) is 0. The Balaban J connectivity index is 1.98. The van der Waals surface area contributed by atoms with Gasteiger partial charge in [-0.1, -0.05) is 0 Å². The van der Waals surface area contributed by atoms with Crippen LogP contribution in [0.25, 0.3) is 0 Å². The fraction of sp³-hybridized carbons (Fsp3) is 0.625. The molecule has 0 saturated carbocycles. The van der Waals surface area contributed by atoms with Gasteiger partial charge in [0.1, 0.15) is 0 Å². The number of aromatic nitrogens is 2. The van der Waals surface area contributed by atoms with Crippen LogP contribution in [0.2, 0.25) is 0 Å². The molecule has 6 nitrogen and oxygen atoms in total. The number of nitrogens with zero attached hydrogens (tertiary/aromatic N) is 3. The molecule has 0 bridgehead atoms. The average Bonchev–Trinajstić information content (AvgIpc) is 2.75. The lowest BCUT2D eigenvalue weighted by Crippen LogP contribution is -2.15. The SMILES string of the molecule is O=[N+]([O-])c1ccn(CC2CCCO2)n1. The maximum atomic E-state index is 10.3. The van der Waals surface area contributed by atoms with Gasteiger partial charge in [-0.15, -0.1) is 0 Å². The fourth-order valence-electron chi connectivity index (χ4n) is 1.55. The van der Waals surface area contributed by atoms with Gasteiger partial charge in [-0.3, -0.25) is 0 Å². The van der Waals surface area contributed by atoms with E-state index in [2.05, 4.69) is 5.10 Å². The lowest BCUT2D eigenvalue weighted by molar-refractivity contribution is -0.389. The summed E-state index contributed by atoms with van der Waals surface area (Å²) in [5, 5.41) is 14.2. The van der Waals surface area contributed by atoms with Gasteiger partial charge in [0, 0.05) is 6.61 Å². The van der Waals surface area contributed by atoms with Crippen LogP contribution in [0, 0.1) is 10.1 Å². The molecule has 76 valence electrons. The molecule has 1 saturated heterocycles. The van der Waals surface area contributed by atoms with Gasteiger partial charge in [-0.25, -0.2) is 0 Å². The highest BCUT2D eigenvalue weighted by molar-refractivity contribution is 5.13. The Labute approximate surface area is 80.6 Å². The smallest absolute Gasteiger partial charge is 0.376 e. The molecule has 14 heavy (non-hydrogen) atoms. The van der Waals surface area contributed by atoms with E-state index in [4.69, 9.17) is 4.74 Å². The van der Waals surface area contributed by atoms with E-state index < -0.39 is 4.92 Å². The monoisotopic (exact) mass is 197 g/mol. The van der Waals surface area contributed by atoms with Gasteiger partial charge in [0.15, 0.2) is 0 Å². The Morgan fingerprint density at radius 1 is 1.79 bits per heavy atom. The lowest BCUT2D eigenvalue weighted by atomic mass is 10.2. The molecule has 2 heterocycles. The zero-order valence-electron chi connectivity index (χ0n) is 7.63. The largest absolute Gasteiger partial charge is 0.389 e. The predicted molar refractivity (Wildman–Crippen MR) is 47.9 cm³/mol. The first-order chi connectivity index (χ1) is 6.75. The Bertz CT molecular complexity index is 330. The van der Waals surface area contributed by atoms with Crippen LogP contribution in [0.15, 0.2) is 12.3 Å². The van der Waals surface area contributed by atoms with E-state index in [9.17, 15) is 10.1 Å². The Kier molecular flexibility index (Phi) is 2.45. The summed E-state index contributed by atoms with van der Waals surface area (Å²) in [6, 6.07) is 1.40. The highest BCUT2D eigenvalue weighted by atomic mass is 16.6. The van der Waals surface area contributed by atoms with Crippen LogP contribution in [0.1, 0.15) is 12.8 Å². The van der Waals surface area contributed by atoms with Gasteiger partial charge >= 0.3 is 5.82 Å². The Hall–Kier alpha value is -1.43. The van der Waals surface area contributed by atoms with Gasteiger partial charge in [0.2, 0.25) is 0 Å². The molecule has 1 aromatic heterocycles. The Morgan fingerprint density at radius 2 is 2.64 bits per heavy atom. The van der Waals surface area contributed by atoms with Crippen molar-refractivity contribution < 1.29 is 9.66 Å². The Morgan fingerprint density at radius 3 is 3.21 bits per heavy atom. The van der Waals surface area contributed by atoms with E-state index in [1.165, 1.54) is 6.07 Å². The van der Waals surface area contributed by atoms with E-state index in [-0.39, 0.29) is 11.9 Å². The molecule has 1 unspecified atom stereocenters. The van der Waals surface area contributed by atoms with E-state index in [0.29, 0.717) is 6.54 Å². The van der Waals surface area contributed by atoms with Crippen LogP contribution in [0.3, 0.4) is 0 Å². The van der Waals surface area contributed by atoms with Crippen LogP contribution < -0.4 is 0 Å². The van der Waals surface area contributed by atoms with E-state index in [0.717, 1.165) is 19.4 Å². The number of rotatable bonds is 3. The van der Waals surface area contributed by atoms with Crippen LogP contribution >= 0.6 is 0 Å². The molecule has 0 aromatic carbocycles. The van der Waals surface area contributed by atoms with Gasteiger partial charge in [0.05, 0.1) is 30.0 Å². The first-order valence-corrected chi connectivity index (χ1v) is 4.55. The number of nitro groups is 1. The van der Waals surface area contributed by atoms with Crippen LogP contribution in [-0.4, -0.2) is 27.4 Å². The summed E-state index contributed by atoms with van der Waals surface area (Å²) in [6.07, 6.45) is 3.84. The second-order valence-electron chi connectivity index (χ2n) is 3.29. The van der Waals surface area contributed by atoms with Crippen molar-refractivity contribution in [1.29, 1.82) is 0 Å². The number of hydrogen-bond acceptors (Lipinski definition) is 4. The number of hydrogen-bond donors (Lipinski definition) is 0. The van der Waals surface area contributed by atoms with Crippen molar-refractivity contribution in [3.63, 3.8) is 0 Å². The van der Waals surface area contributed by atoms with Crippen molar-refractivity contribution >= 4 is 5.82 Å². The first-order valence-electron chi connectivity index (χ1n) is 4.55. The van der Waals surface area contributed by atoms with Crippen molar-refractivity contribution in [2.45, 2.75) is 25.5 Å². The minimum Gasteiger partial charge on any atom is -0.376 e. The molecule has 0 radical (unpaired) electrons. The fourth-order valence-corrected chi connectivity index (χ4v) is 1.55. The second-order valence-corrected chi connectivity index (χ2v) is 3.29. The van der Waals surface area contributed by atoms with Gasteiger partial charge < -0.3 is 14.9 Å². The van der Waals surface area contributed by atoms with Crippen LogP contribution in [0.4, 0.5) is 5.82 Å². The molecule has 0 amide bonds. The molecular formula is C8H11N3O3. The molecule has 1 aliphatic heterocycles. The molecule has 1 aromatic rings. The van der Waals surface area contributed by atoms with E-state index in [1.54, 1.807) is 10.9 Å². The second kappa shape index (κ2) is 3.75. The first kappa shape index (κ1) is 9.14. The van der Waals surface area contributed by atoms with E-state index in [1.807, 2.05) is 0 Å².